The lowest BCUT2D eigenvalue weighted by Gasteiger charge is -2.13. The average Bonchev–Trinajstić information content (AvgIpc) is 2.91. The molecule has 1 unspecified atom stereocenters. The first-order valence-electron chi connectivity index (χ1n) is 6.36. The Hall–Kier alpha value is -2.23. The van der Waals surface area contributed by atoms with E-state index in [-0.39, 0.29) is 6.04 Å². The predicted octanol–water partition coefficient (Wildman–Crippen LogP) is 3.44. The second kappa shape index (κ2) is 4.16. The number of hydrogen-bond acceptors (Lipinski definition) is 3. The van der Waals surface area contributed by atoms with Gasteiger partial charge in [-0.25, -0.2) is 4.98 Å². The minimum absolute atomic E-state index is 0.0282. The molecule has 3 rings (SSSR count). The third-order valence-corrected chi connectivity index (χ3v) is 3.43. The molecule has 0 radical (unpaired) electrons. The van der Waals surface area contributed by atoms with Crippen molar-refractivity contribution in [3.63, 3.8) is 0 Å². The topological polar surface area (TPSA) is 57.0 Å². The summed E-state index contributed by atoms with van der Waals surface area (Å²) in [5.74, 6) is 2.31. The van der Waals surface area contributed by atoms with Crippen molar-refractivity contribution in [3.8, 4) is 0 Å². The van der Waals surface area contributed by atoms with Crippen LogP contribution in [0.3, 0.4) is 0 Å². The van der Waals surface area contributed by atoms with Crippen LogP contribution < -0.4 is 5.73 Å². The molecule has 2 heterocycles. The molecule has 0 bridgehead atoms. The molecule has 0 aliphatic carbocycles. The number of furan rings is 1. The summed E-state index contributed by atoms with van der Waals surface area (Å²) in [4.78, 5) is 4.41. The van der Waals surface area contributed by atoms with Gasteiger partial charge in [0.1, 0.15) is 11.5 Å². The van der Waals surface area contributed by atoms with E-state index in [1.165, 1.54) is 5.56 Å². The standard InChI is InChI=1S/C15H17N3O/c1-9-4-6-12-13(8-9)18(15(16)17-12)11(3)14-7-5-10(2)19-14/h4-8,11H,1-3H3,(H2,16,17). The Bertz CT molecular complexity index is 739. The molecule has 1 atom stereocenters. The fourth-order valence-corrected chi connectivity index (χ4v) is 2.43. The van der Waals surface area contributed by atoms with Crippen LogP contribution in [-0.4, -0.2) is 9.55 Å². The van der Waals surface area contributed by atoms with Crippen LogP contribution in [0.2, 0.25) is 0 Å². The van der Waals surface area contributed by atoms with Crippen molar-refractivity contribution in [2.45, 2.75) is 26.8 Å². The molecule has 4 heteroatoms. The van der Waals surface area contributed by atoms with Crippen LogP contribution in [0.5, 0.6) is 0 Å². The second-order valence-corrected chi connectivity index (χ2v) is 4.96. The molecule has 0 fully saturated rings. The Labute approximate surface area is 111 Å². The maximum absolute atomic E-state index is 6.06. The summed E-state index contributed by atoms with van der Waals surface area (Å²) in [5.41, 5.74) is 9.21. The number of nitrogen functional groups attached to an aromatic ring is 1. The molecular formula is C15H17N3O. The number of fused-ring (bicyclic) bond motifs is 1. The van der Waals surface area contributed by atoms with E-state index >= 15 is 0 Å². The van der Waals surface area contributed by atoms with Gasteiger partial charge in [0, 0.05) is 0 Å². The van der Waals surface area contributed by atoms with Gasteiger partial charge in [0.2, 0.25) is 5.95 Å². The van der Waals surface area contributed by atoms with E-state index in [9.17, 15) is 0 Å². The van der Waals surface area contributed by atoms with E-state index in [2.05, 4.69) is 24.9 Å². The summed E-state index contributed by atoms with van der Waals surface area (Å²) in [7, 11) is 0. The maximum Gasteiger partial charge on any atom is 0.201 e. The van der Waals surface area contributed by atoms with Crippen molar-refractivity contribution in [1.82, 2.24) is 9.55 Å². The maximum atomic E-state index is 6.06. The number of anilines is 1. The first-order chi connectivity index (χ1) is 9.06. The van der Waals surface area contributed by atoms with E-state index in [4.69, 9.17) is 10.2 Å². The lowest BCUT2D eigenvalue weighted by Crippen LogP contribution is -2.09. The van der Waals surface area contributed by atoms with Crippen LogP contribution in [0.25, 0.3) is 11.0 Å². The van der Waals surface area contributed by atoms with E-state index in [0.717, 1.165) is 22.6 Å². The van der Waals surface area contributed by atoms with E-state index in [0.29, 0.717) is 5.95 Å². The van der Waals surface area contributed by atoms with Crippen molar-refractivity contribution in [3.05, 3.63) is 47.4 Å². The molecule has 0 aliphatic heterocycles. The van der Waals surface area contributed by atoms with Gasteiger partial charge in [0.15, 0.2) is 0 Å². The first kappa shape index (κ1) is 11.8. The number of hydrogen-bond donors (Lipinski definition) is 1. The third kappa shape index (κ3) is 1.89. The molecule has 98 valence electrons. The zero-order chi connectivity index (χ0) is 13.6. The fraction of sp³-hybridized carbons (Fsp3) is 0.267. The molecule has 19 heavy (non-hydrogen) atoms. The Morgan fingerprint density at radius 3 is 2.68 bits per heavy atom. The van der Waals surface area contributed by atoms with Gasteiger partial charge in [-0.3, -0.25) is 4.57 Å². The van der Waals surface area contributed by atoms with Gasteiger partial charge >= 0.3 is 0 Å². The van der Waals surface area contributed by atoms with Gasteiger partial charge < -0.3 is 10.2 Å². The van der Waals surface area contributed by atoms with Crippen LogP contribution in [0, 0.1) is 13.8 Å². The largest absolute Gasteiger partial charge is 0.464 e. The molecule has 0 saturated carbocycles. The van der Waals surface area contributed by atoms with Crippen molar-refractivity contribution < 1.29 is 4.42 Å². The molecule has 0 saturated heterocycles. The molecule has 2 aromatic heterocycles. The highest BCUT2D eigenvalue weighted by Crippen LogP contribution is 2.28. The number of benzene rings is 1. The Morgan fingerprint density at radius 2 is 2.00 bits per heavy atom. The van der Waals surface area contributed by atoms with Crippen molar-refractivity contribution in [2.75, 3.05) is 5.73 Å². The summed E-state index contributed by atoms with van der Waals surface area (Å²) in [6.07, 6.45) is 0. The van der Waals surface area contributed by atoms with Crippen molar-refractivity contribution >= 4 is 17.0 Å². The number of imidazole rings is 1. The zero-order valence-corrected chi connectivity index (χ0v) is 11.3. The second-order valence-electron chi connectivity index (χ2n) is 4.96. The highest BCUT2D eigenvalue weighted by molar-refractivity contribution is 5.79. The van der Waals surface area contributed by atoms with Gasteiger partial charge in [-0.05, 0) is 50.6 Å². The summed E-state index contributed by atoms with van der Waals surface area (Å²) >= 11 is 0. The number of nitrogens with zero attached hydrogens (tertiary/aromatic N) is 2. The number of rotatable bonds is 2. The number of aryl methyl sites for hydroxylation is 2. The third-order valence-electron chi connectivity index (χ3n) is 3.43. The predicted molar refractivity (Wildman–Crippen MR) is 76.1 cm³/mol. The smallest absolute Gasteiger partial charge is 0.201 e. The Balaban J connectivity index is 2.18. The number of nitrogens with two attached hydrogens (primary N) is 1. The first-order valence-corrected chi connectivity index (χ1v) is 6.36. The molecule has 4 nitrogen and oxygen atoms in total. The zero-order valence-electron chi connectivity index (χ0n) is 11.3. The minimum atomic E-state index is 0.0282. The molecule has 1 aromatic carbocycles. The monoisotopic (exact) mass is 255 g/mol. The summed E-state index contributed by atoms with van der Waals surface area (Å²) in [6.45, 7) is 6.07. The Morgan fingerprint density at radius 1 is 1.21 bits per heavy atom. The Kier molecular flexibility index (Phi) is 2.59. The summed E-state index contributed by atoms with van der Waals surface area (Å²) in [5, 5.41) is 0. The van der Waals surface area contributed by atoms with Crippen LogP contribution in [0.15, 0.2) is 34.7 Å². The van der Waals surface area contributed by atoms with E-state index in [1.54, 1.807) is 0 Å². The van der Waals surface area contributed by atoms with Crippen molar-refractivity contribution in [1.29, 1.82) is 0 Å². The molecule has 0 amide bonds. The molecule has 2 N–H and O–H groups in total. The van der Waals surface area contributed by atoms with Crippen LogP contribution in [0.4, 0.5) is 5.95 Å². The van der Waals surface area contributed by atoms with Crippen molar-refractivity contribution in [2.24, 2.45) is 0 Å². The fourth-order valence-electron chi connectivity index (χ4n) is 2.43. The molecule has 3 aromatic rings. The van der Waals surface area contributed by atoms with Crippen LogP contribution >= 0.6 is 0 Å². The van der Waals surface area contributed by atoms with Gasteiger partial charge in [-0.2, -0.15) is 0 Å². The minimum Gasteiger partial charge on any atom is -0.464 e. The number of aromatic nitrogens is 2. The average molecular weight is 255 g/mol. The summed E-state index contributed by atoms with van der Waals surface area (Å²) < 4.78 is 7.71. The van der Waals surface area contributed by atoms with E-state index < -0.39 is 0 Å². The van der Waals surface area contributed by atoms with Gasteiger partial charge in [-0.1, -0.05) is 6.07 Å². The highest BCUT2D eigenvalue weighted by atomic mass is 16.3. The molecule has 0 aliphatic rings. The van der Waals surface area contributed by atoms with Crippen LogP contribution in [0.1, 0.15) is 30.0 Å². The van der Waals surface area contributed by atoms with Gasteiger partial charge in [0.25, 0.3) is 0 Å². The van der Waals surface area contributed by atoms with Gasteiger partial charge in [-0.15, -0.1) is 0 Å². The quantitative estimate of drug-likeness (QED) is 0.763. The SMILES string of the molecule is Cc1ccc2nc(N)n(C(C)c3ccc(C)o3)c2c1. The normalized spacial score (nSPS) is 13.0. The van der Waals surface area contributed by atoms with E-state index in [1.807, 2.05) is 35.8 Å². The lowest BCUT2D eigenvalue weighted by molar-refractivity contribution is 0.435. The lowest BCUT2D eigenvalue weighted by atomic mass is 10.2. The summed E-state index contributed by atoms with van der Waals surface area (Å²) in [6, 6.07) is 10.1. The molecule has 0 spiro atoms. The van der Waals surface area contributed by atoms with Crippen LogP contribution in [-0.2, 0) is 0 Å². The highest BCUT2D eigenvalue weighted by Gasteiger charge is 2.18. The molecular weight excluding hydrogens is 238 g/mol. The van der Waals surface area contributed by atoms with Gasteiger partial charge in [0.05, 0.1) is 17.1 Å².